The van der Waals surface area contributed by atoms with Gasteiger partial charge in [-0.15, -0.1) is 0 Å². The van der Waals surface area contributed by atoms with Gasteiger partial charge in [0.05, 0.1) is 15.8 Å². The summed E-state index contributed by atoms with van der Waals surface area (Å²) in [6.45, 7) is 2.14. The molecular formula is C18H22ClN3O2S. The Kier molecular flexibility index (Phi) is 4.38. The average Bonchev–Trinajstić information content (AvgIpc) is 2.99. The molecule has 4 atom stereocenters. The summed E-state index contributed by atoms with van der Waals surface area (Å²) in [5, 5.41) is 11.3. The molecule has 4 unspecified atom stereocenters. The molecule has 2 N–H and O–H groups in total. The van der Waals surface area contributed by atoms with E-state index in [-0.39, 0.29) is 23.3 Å². The van der Waals surface area contributed by atoms with E-state index in [9.17, 15) is 8.42 Å². The second-order valence-electron chi connectivity index (χ2n) is 7.00. The molecule has 134 valence electrons. The molecule has 1 fully saturated rings. The predicted molar refractivity (Wildman–Crippen MR) is 97.6 cm³/mol. The summed E-state index contributed by atoms with van der Waals surface area (Å²) >= 11 is 5.91. The van der Waals surface area contributed by atoms with E-state index in [1.54, 1.807) is 24.3 Å². The minimum absolute atomic E-state index is 0.139. The predicted octanol–water partition coefficient (Wildman–Crippen LogP) is 3.60. The molecule has 25 heavy (non-hydrogen) atoms. The first kappa shape index (κ1) is 17.1. The lowest BCUT2D eigenvalue weighted by Crippen LogP contribution is -2.42. The van der Waals surface area contributed by atoms with E-state index in [0.717, 1.165) is 18.5 Å². The zero-order valence-corrected chi connectivity index (χ0v) is 15.6. The number of fused-ring (bicyclic) bond motifs is 4. The van der Waals surface area contributed by atoms with Crippen LogP contribution < -0.4 is 5.32 Å². The van der Waals surface area contributed by atoms with Crippen molar-refractivity contribution in [2.45, 2.75) is 60.8 Å². The minimum Gasteiger partial charge on any atom is -0.306 e. The Morgan fingerprint density at radius 2 is 2.00 bits per heavy atom. The van der Waals surface area contributed by atoms with E-state index < -0.39 is 9.84 Å². The highest BCUT2D eigenvalue weighted by atomic mass is 35.5. The first-order chi connectivity index (χ1) is 12.0. The lowest BCUT2D eigenvalue weighted by molar-refractivity contribution is 0.340. The third kappa shape index (κ3) is 2.90. The maximum absolute atomic E-state index is 13.2. The Hall–Kier alpha value is -1.37. The fourth-order valence-corrected chi connectivity index (χ4v) is 6.28. The van der Waals surface area contributed by atoms with Gasteiger partial charge in [0, 0.05) is 34.8 Å². The van der Waals surface area contributed by atoms with Gasteiger partial charge < -0.3 is 5.32 Å². The molecule has 1 aromatic heterocycles. The van der Waals surface area contributed by atoms with Crippen molar-refractivity contribution >= 4 is 21.4 Å². The van der Waals surface area contributed by atoms with E-state index >= 15 is 0 Å². The minimum atomic E-state index is -3.37. The second-order valence-corrected chi connectivity index (χ2v) is 9.66. The van der Waals surface area contributed by atoms with E-state index in [2.05, 4.69) is 22.4 Å². The highest BCUT2D eigenvalue weighted by Gasteiger charge is 2.42. The van der Waals surface area contributed by atoms with E-state index in [1.165, 1.54) is 5.56 Å². The molecule has 4 rings (SSSR count). The maximum atomic E-state index is 13.2. The van der Waals surface area contributed by atoms with Gasteiger partial charge in [-0.25, -0.2) is 8.42 Å². The number of sulfone groups is 1. The largest absolute Gasteiger partial charge is 0.306 e. The number of halogens is 1. The Balaban J connectivity index is 1.66. The number of aromatic nitrogens is 2. The topological polar surface area (TPSA) is 74.8 Å². The summed E-state index contributed by atoms with van der Waals surface area (Å²) < 4.78 is 26.3. The lowest BCUT2D eigenvalue weighted by Gasteiger charge is -2.35. The van der Waals surface area contributed by atoms with Crippen LogP contribution in [0.1, 0.15) is 55.8 Å². The number of aromatic amines is 1. The molecule has 7 heteroatoms. The third-order valence-electron chi connectivity index (χ3n) is 5.64. The van der Waals surface area contributed by atoms with Crippen LogP contribution in [0.3, 0.4) is 0 Å². The molecule has 1 aromatic carbocycles. The van der Waals surface area contributed by atoms with Crippen molar-refractivity contribution in [2.75, 3.05) is 0 Å². The summed E-state index contributed by atoms with van der Waals surface area (Å²) in [4.78, 5) is 0.366. The maximum Gasteiger partial charge on any atom is 0.181 e. The molecule has 3 heterocycles. The molecule has 0 aliphatic carbocycles. The number of rotatable bonds is 3. The number of hydrogen-bond donors (Lipinski definition) is 2. The van der Waals surface area contributed by atoms with Gasteiger partial charge in [0.2, 0.25) is 0 Å². The Morgan fingerprint density at radius 1 is 1.24 bits per heavy atom. The zero-order valence-electron chi connectivity index (χ0n) is 14.1. The Bertz CT molecular complexity index is 863. The van der Waals surface area contributed by atoms with Crippen molar-refractivity contribution in [1.82, 2.24) is 15.5 Å². The summed E-state index contributed by atoms with van der Waals surface area (Å²) in [5.41, 5.74) is 2.31. The van der Waals surface area contributed by atoms with Crippen molar-refractivity contribution in [3.05, 3.63) is 46.7 Å². The van der Waals surface area contributed by atoms with Crippen molar-refractivity contribution in [3.63, 3.8) is 0 Å². The first-order valence-corrected chi connectivity index (χ1v) is 10.7. The molecule has 0 spiro atoms. The van der Waals surface area contributed by atoms with E-state index in [4.69, 9.17) is 11.6 Å². The van der Waals surface area contributed by atoms with Gasteiger partial charge in [0.1, 0.15) is 0 Å². The first-order valence-electron chi connectivity index (χ1n) is 8.79. The van der Waals surface area contributed by atoms with Gasteiger partial charge in [0.25, 0.3) is 0 Å². The van der Waals surface area contributed by atoms with Crippen LogP contribution in [0.2, 0.25) is 5.02 Å². The van der Waals surface area contributed by atoms with E-state index in [1.807, 2.05) is 6.20 Å². The van der Waals surface area contributed by atoms with Crippen LogP contribution in [0, 0.1) is 0 Å². The summed E-state index contributed by atoms with van der Waals surface area (Å²) in [6, 6.07) is 6.85. The summed E-state index contributed by atoms with van der Waals surface area (Å²) in [7, 11) is -3.37. The zero-order chi connectivity index (χ0) is 17.6. The smallest absolute Gasteiger partial charge is 0.181 e. The van der Waals surface area contributed by atoms with Gasteiger partial charge in [-0.2, -0.15) is 5.10 Å². The highest BCUT2D eigenvalue weighted by Crippen LogP contribution is 2.42. The van der Waals surface area contributed by atoms with Crippen LogP contribution in [0.5, 0.6) is 0 Å². The molecule has 0 radical (unpaired) electrons. The molecular weight excluding hydrogens is 358 g/mol. The normalized spacial score (nSPS) is 29.0. The number of H-pyrrole nitrogens is 1. The van der Waals surface area contributed by atoms with Crippen molar-refractivity contribution < 1.29 is 8.42 Å². The van der Waals surface area contributed by atoms with Crippen LogP contribution >= 0.6 is 11.6 Å². The standard InChI is InChI=1S/C18H22ClN3O2S/c1-2-14-17-9-13(25(23,24)12-5-3-11(19)4-6-12)7-8-16(21-17)15-10-20-22-18(14)15/h3-6,10,13-14,16-17,21H,2,7-9H2,1H3,(H,20,22). The van der Waals surface area contributed by atoms with Gasteiger partial charge in [-0.1, -0.05) is 18.5 Å². The van der Waals surface area contributed by atoms with Gasteiger partial charge in [0.15, 0.2) is 9.84 Å². The lowest BCUT2D eigenvalue weighted by atomic mass is 9.84. The van der Waals surface area contributed by atoms with Gasteiger partial charge in [-0.3, -0.25) is 5.10 Å². The van der Waals surface area contributed by atoms with Crippen LogP contribution in [-0.2, 0) is 9.84 Å². The Labute approximate surface area is 153 Å². The average molecular weight is 380 g/mol. The van der Waals surface area contributed by atoms with Crippen molar-refractivity contribution in [2.24, 2.45) is 0 Å². The summed E-state index contributed by atoms with van der Waals surface area (Å²) in [5.74, 6) is 0.249. The van der Waals surface area contributed by atoms with Gasteiger partial charge >= 0.3 is 0 Å². The fraction of sp³-hybridized carbons (Fsp3) is 0.500. The molecule has 2 aliphatic heterocycles. The molecule has 0 saturated carbocycles. The molecule has 2 aromatic rings. The highest BCUT2D eigenvalue weighted by molar-refractivity contribution is 7.92. The van der Waals surface area contributed by atoms with Crippen LogP contribution in [0.15, 0.2) is 35.4 Å². The number of hydrogen-bond acceptors (Lipinski definition) is 4. The van der Waals surface area contributed by atoms with Crippen molar-refractivity contribution in [3.8, 4) is 0 Å². The molecule has 1 saturated heterocycles. The van der Waals surface area contributed by atoms with Crippen molar-refractivity contribution in [1.29, 1.82) is 0 Å². The summed E-state index contributed by atoms with van der Waals surface area (Å²) in [6.07, 6.45) is 4.97. The monoisotopic (exact) mass is 379 g/mol. The fourth-order valence-electron chi connectivity index (χ4n) is 4.34. The van der Waals surface area contributed by atoms with E-state index in [0.29, 0.717) is 22.8 Å². The third-order valence-corrected chi connectivity index (χ3v) is 8.13. The van der Waals surface area contributed by atoms with Crippen LogP contribution in [0.4, 0.5) is 0 Å². The molecule has 5 nitrogen and oxygen atoms in total. The van der Waals surface area contributed by atoms with Crippen LogP contribution in [0.25, 0.3) is 0 Å². The number of benzene rings is 1. The molecule has 2 aliphatic rings. The van der Waals surface area contributed by atoms with Crippen LogP contribution in [-0.4, -0.2) is 29.9 Å². The second kappa shape index (κ2) is 6.41. The SMILES string of the molecule is CCC1c2n[nH]cc2C2CCC(S(=O)(=O)c3ccc(Cl)cc3)CC1N2. The Morgan fingerprint density at radius 3 is 2.72 bits per heavy atom. The molecule has 0 amide bonds. The van der Waals surface area contributed by atoms with Gasteiger partial charge in [-0.05, 0) is 49.9 Å². The quantitative estimate of drug-likeness (QED) is 0.854. The number of nitrogens with zero attached hydrogens (tertiary/aromatic N) is 1. The number of nitrogens with one attached hydrogen (secondary N) is 2. The molecule has 2 bridgehead atoms.